The summed E-state index contributed by atoms with van der Waals surface area (Å²) >= 11 is 0. The number of urea groups is 1. The van der Waals surface area contributed by atoms with Crippen LogP contribution in [0.3, 0.4) is 0 Å². The Bertz CT molecular complexity index is 743. The third-order valence-corrected chi connectivity index (χ3v) is 4.95. The number of nitrogens with one attached hydrogen (secondary N) is 2. The molecule has 2 rings (SSSR count). The van der Waals surface area contributed by atoms with Crippen molar-refractivity contribution in [3.8, 4) is 11.5 Å². The first-order valence-corrected chi connectivity index (χ1v) is 11.3. The van der Waals surface area contributed by atoms with E-state index in [4.69, 9.17) is 9.47 Å². The second kappa shape index (κ2) is 11.3. The molecule has 0 fully saturated rings. The zero-order valence-electron chi connectivity index (χ0n) is 19.9. The van der Waals surface area contributed by atoms with Crippen LogP contribution in [0.4, 0.5) is 10.5 Å². The SMILES string of the molecule is CC(CC(=O)NCCCCN(C(=O)NC(C)C)c1ccc2c(c1)OCO2)CC(C)(C)C. The van der Waals surface area contributed by atoms with Gasteiger partial charge >= 0.3 is 6.03 Å². The third-order valence-electron chi connectivity index (χ3n) is 4.95. The molecule has 3 amide bonds. The van der Waals surface area contributed by atoms with Gasteiger partial charge in [-0.05, 0) is 56.6 Å². The van der Waals surface area contributed by atoms with Crippen LogP contribution in [0.1, 0.15) is 67.2 Å². The molecule has 1 aromatic rings. The molecule has 1 aliphatic rings. The number of carbonyl (C=O) groups excluding carboxylic acids is 2. The van der Waals surface area contributed by atoms with E-state index in [1.807, 2.05) is 32.0 Å². The van der Waals surface area contributed by atoms with Crippen molar-refractivity contribution < 1.29 is 19.1 Å². The van der Waals surface area contributed by atoms with Gasteiger partial charge in [0.2, 0.25) is 12.7 Å². The number of fused-ring (bicyclic) bond motifs is 1. The van der Waals surface area contributed by atoms with Crippen LogP contribution >= 0.6 is 0 Å². The maximum atomic E-state index is 12.7. The zero-order valence-corrected chi connectivity index (χ0v) is 19.9. The van der Waals surface area contributed by atoms with Gasteiger partial charge in [-0.25, -0.2) is 4.79 Å². The number of amides is 3. The van der Waals surface area contributed by atoms with E-state index in [2.05, 4.69) is 38.3 Å². The van der Waals surface area contributed by atoms with Gasteiger partial charge in [0.1, 0.15) is 0 Å². The molecule has 0 aliphatic carbocycles. The van der Waals surface area contributed by atoms with E-state index >= 15 is 0 Å². The van der Waals surface area contributed by atoms with Gasteiger partial charge in [0.05, 0.1) is 0 Å². The van der Waals surface area contributed by atoms with Crippen molar-refractivity contribution in [2.45, 2.75) is 73.3 Å². The fourth-order valence-corrected chi connectivity index (χ4v) is 3.85. The molecule has 1 heterocycles. The van der Waals surface area contributed by atoms with E-state index in [1.54, 1.807) is 4.90 Å². The molecule has 31 heavy (non-hydrogen) atoms. The molecule has 1 aromatic carbocycles. The lowest BCUT2D eigenvalue weighted by atomic mass is 9.84. The molecule has 7 heteroatoms. The van der Waals surface area contributed by atoms with Crippen LogP contribution in [-0.4, -0.2) is 37.9 Å². The van der Waals surface area contributed by atoms with Gasteiger partial charge in [-0.1, -0.05) is 27.7 Å². The lowest BCUT2D eigenvalue weighted by molar-refractivity contribution is -0.122. The summed E-state index contributed by atoms with van der Waals surface area (Å²) in [6, 6.07) is 5.42. The highest BCUT2D eigenvalue weighted by atomic mass is 16.7. The van der Waals surface area contributed by atoms with Crippen molar-refractivity contribution in [3.63, 3.8) is 0 Å². The number of anilines is 1. The quantitative estimate of drug-likeness (QED) is 0.524. The molecule has 1 unspecified atom stereocenters. The Balaban J connectivity index is 1.83. The molecular weight excluding hydrogens is 394 g/mol. The van der Waals surface area contributed by atoms with Crippen LogP contribution in [0.2, 0.25) is 0 Å². The van der Waals surface area contributed by atoms with Crippen LogP contribution < -0.4 is 25.0 Å². The maximum absolute atomic E-state index is 12.7. The van der Waals surface area contributed by atoms with E-state index in [0.29, 0.717) is 36.9 Å². The number of benzene rings is 1. The van der Waals surface area contributed by atoms with Crippen molar-refractivity contribution in [3.05, 3.63) is 18.2 Å². The van der Waals surface area contributed by atoms with Gasteiger partial charge in [-0.2, -0.15) is 0 Å². The van der Waals surface area contributed by atoms with E-state index < -0.39 is 0 Å². The van der Waals surface area contributed by atoms with Gasteiger partial charge in [-0.3, -0.25) is 9.69 Å². The Morgan fingerprint density at radius 3 is 2.48 bits per heavy atom. The summed E-state index contributed by atoms with van der Waals surface area (Å²) in [4.78, 5) is 26.6. The topological polar surface area (TPSA) is 79.9 Å². The van der Waals surface area contributed by atoms with Crippen molar-refractivity contribution >= 4 is 17.6 Å². The Morgan fingerprint density at radius 1 is 1.10 bits per heavy atom. The lowest BCUT2D eigenvalue weighted by Crippen LogP contribution is -2.43. The molecule has 1 aliphatic heterocycles. The number of carbonyl (C=O) groups is 2. The van der Waals surface area contributed by atoms with Gasteiger partial charge in [0.25, 0.3) is 0 Å². The van der Waals surface area contributed by atoms with Crippen LogP contribution in [0, 0.1) is 11.3 Å². The van der Waals surface area contributed by atoms with Crippen molar-refractivity contribution in [2.75, 3.05) is 24.8 Å². The number of ether oxygens (including phenoxy) is 2. The van der Waals surface area contributed by atoms with E-state index in [1.165, 1.54) is 0 Å². The summed E-state index contributed by atoms with van der Waals surface area (Å²) in [5.41, 5.74) is 0.997. The summed E-state index contributed by atoms with van der Waals surface area (Å²) in [7, 11) is 0. The second-order valence-electron chi connectivity index (χ2n) is 9.92. The Kier molecular flexibility index (Phi) is 9.01. The minimum absolute atomic E-state index is 0.0402. The molecule has 0 saturated carbocycles. The fraction of sp³-hybridized carbons (Fsp3) is 0.667. The van der Waals surface area contributed by atoms with Crippen molar-refractivity contribution in [1.82, 2.24) is 10.6 Å². The predicted octanol–water partition coefficient (Wildman–Crippen LogP) is 4.70. The normalized spacial score (nSPS) is 13.8. The lowest BCUT2D eigenvalue weighted by Gasteiger charge is -2.25. The predicted molar refractivity (Wildman–Crippen MR) is 124 cm³/mol. The van der Waals surface area contributed by atoms with E-state index in [-0.39, 0.29) is 30.2 Å². The second-order valence-corrected chi connectivity index (χ2v) is 9.92. The number of hydrogen-bond acceptors (Lipinski definition) is 4. The molecule has 2 N–H and O–H groups in total. The molecule has 0 aromatic heterocycles. The summed E-state index contributed by atoms with van der Waals surface area (Å²) < 4.78 is 10.8. The molecule has 7 nitrogen and oxygen atoms in total. The molecule has 0 radical (unpaired) electrons. The first kappa shape index (κ1) is 24.8. The minimum Gasteiger partial charge on any atom is -0.454 e. The summed E-state index contributed by atoms with van der Waals surface area (Å²) in [6.07, 6.45) is 3.15. The van der Waals surface area contributed by atoms with E-state index in [9.17, 15) is 9.59 Å². The fourth-order valence-electron chi connectivity index (χ4n) is 3.85. The molecule has 0 spiro atoms. The highest BCUT2D eigenvalue weighted by molar-refractivity contribution is 5.92. The Labute approximate surface area is 186 Å². The third kappa shape index (κ3) is 8.67. The number of nitrogens with zero attached hydrogens (tertiary/aromatic N) is 1. The largest absolute Gasteiger partial charge is 0.454 e. The van der Waals surface area contributed by atoms with Crippen LogP contribution in [-0.2, 0) is 4.79 Å². The number of hydrogen-bond donors (Lipinski definition) is 2. The van der Waals surface area contributed by atoms with Crippen LogP contribution in [0.15, 0.2) is 18.2 Å². The number of unbranched alkanes of at least 4 members (excludes halogenated alkanes) is 1. The summed E-state index contributed by atoms with van der Waals surface area (Å²) in [6.45, 7) is 14.0. The average molecular weight is 434 g/mol. The highest BCUT2D eigenvalue weighted by Crippen LogP contribution is 2.35. The average Bonchev–Trinajstić information content (AvgIpc) is 3.09. The van der Waals surface area contributed by atoms with Gasteiger partial charge in [0, 0.05) is 37.3 Å². The zero-order chi connectivity index (χ0) is 23.0. The summed E-state index contributed by atoms with van der Waals surface area (Å²) in [5.74, 6) is 1.80. The van der Waals surface area contributed by atoms with Crippen LogP contribution in [0.5, 0.6) is 11.5 Å². The van der Waals surface area contributed by atoms with E-state index in [0.717, 1.165) is 24.9 Å². The first-order valence-electron chi connectivity index (χ1n) is 11.3. The highest BCUT2D eigenvalue weighted by Gasteiger charge is 2.21. The van der Waals surface area contributed by atoms with Gasteiger partial charge < -0.3 is 20.1 Å². The molecule has 1 atom stereocenters. The molecule has 0 saturated heterocycles. The number of rotatable bonds is 10. The standard InChI is InChI=1S/C24H39N3O4/c1-17(2)26-23(29)27(19-9-10-20-21(14-19)31-16-30-20)12-8-7-11-25-22(28)13-18(3)15-24(4,5)6/h9-10,14,17-18H,7-8,11-13,15-16H2,1-6H3,(H,25,28)(H,26,29). The van der Waals surface area contributed by atoms with Gasteiger partial charge in [-0.15, -0.1) is 0 Å². The minimum atomic E-state index is -0.145. The molecular formula is C24H39N3O4. The van der Waals surface area contributed by atoms with Gasteiger partial charge in [0.15, 0.2) is 11.5 Å². The summed E-state index contributed by atoms with van der Waals surface area (Å²) in [5, 5.41) is 5.97. The maximum Gasteiger partial charge on any atom is 0.322 e. The monoisotopic (exact) mass is 433 g/mol. The van der Waals surface area contributed by atoms with Crippen molar-refractivity contribution in [2.24, 2.45) is 11.3 Å². The Hall–Kier alpha value is -2.44. The molecule has 0 bridgehead atoms. The molecule has 174 valence electrons. The first-order chi connectivity index (χ1) is 14.5. The smallest absolute Gasteiger partial charge is 0.322 e. The van der Waals surface area contributed by atoms with Crippen molar-refractivity contribution in [1.29, 1.82) is 0 Å². The Morgan fingerprint density at radius 2 is 1.81 bits per heavy atom. The van der Waals surface area contributed by atoms with Crippen LogP contribution in [0.25, 0.3) is 0 Å².